The summed E-state index contributed by atoms with van der Waals surface area (Å²) in [5.41, 5.74) is 2.15. The van der Waals surface area contributed by atoms with E-state index in [4.69, 9.17) is 4.42 Å². The average Bonchev–Trinajstić information content (AvgIpc) is 3.08. The lowest BCUT2D eigenvalue weighted by atomic mass is 10.2. The summed E-state index contributed by atoms with van der Waals surface area (Å²) in [6.07, 6.45) is 5.32. The van der Waals surface area contributed by atoms with E-state index in [0.29, 0.717) is 0 Å². The second kappa shape index (κ2) is 5.67. The first-order valence-corrected chi connectivity index (χ1v) is 6.43. The molecule has 5 heteroatoms. The number of para-hydroxylation sites is 1. The van der Waals surface area contributed by atoms with Gasteiger partial charge in [-0.25, -0.2) is 4.98 Å². The molecule has 1 aromatic carbocycles. The molecule has 0 fully saturated rings. The summed E-state index contributed by atoms with van der Waals surface area (Å²) >= 11 is 0. The van der Waals surface area contributed by atoms with Gasteiger partial charge in [-0.3, -0.25) is 5.10 Å². The molecule has 0 saturated carbocycles. The minimum Gasteiger partial charge on any atom is -0.464 e. The van der Waals surface area contributed by atoms with Gasteiger partial charge in [0.25, 0.3) is 0 Å². The first kappa shape index (κ1) is 11.9. The zero-order valence-electron chi connectivity index (χ0n) is 10.6. The Morgan fingerprint density at radius 2 is 2.21 bits per heavy atom. The van der Waals surface area contributed by atoms with E-state index in [-0.39, 0.29) is 0 Å². The average molecular weight is 256 g/mol. The fourth-order valence-corrected chi connectivity index (χ4v) is 2.12. The summed E-state index contributed by atoms with van der Waals surface area (Å²) in [5, 5.41) is 11.3. The van der Waals surface area contributed by atoms with Gasteiger partial charge in [-0.15, -0.1) is 0 Å². The van der Waals surface area contributed by atoms with Crippen LogP contribution in [0.4, 0.5) is 0 Å². The van der Waals surface area contributed by atoms with E-state index in [2.05, 4.69) is 26.6 Å². The smallest absolute Gasteiger partial charge is 0.137 e. The fourth-order valence-electron chi connectivity index (χ4n) is 2.12. The second-order valence-electron chi connectivity index (χ2n) is 4.47. The number of aromatic nitrogens is 3. The van der Waals surface area contributed by atoms with Gasteiger partial charge in [0, 0.05) is 23.9 Å². The van der Waals surface area contributed by atoms with Gasteiger partial charge in [-0.1, -0.05) is 18.2 Å². The quantitative estimate of drug-likeness (QED) is 0.664. The Bertz CT molecular complexity index is 630. The summed E-state index contributed by atoms with van der Waals surface area (Å²) in [4.78, 5) is 4.10. The lowest BCUT2D eigenvalue weighted by molar-refractivity contribution is 0.596. The van der Waals surface area contributed by atoms with Crippen LogP contribution in [0.15, 0.2) is 41.3 Å². The Balaban J connectivity index is 1.47. The van der Waals surface area contributed by atoms with Crippen molar-refractivity contribution in [2.45, 2.75) is 19.4 Å². The van der Waals surface area contributed by atoms with Crippen molar-refractivity contribution in [2.24, 2.45) is 0 Å². The van der Waals surface area contributed by atoms with E-state index < -0.39 is 0 Å². The minimum atomic E-state index is 0.827. The molecule has 2 N–H and O–H groups in total. The van der Waals surface area contributed by atoms with Crippen LogP contribution in [0.1, 0.15) is 17.8 Å². The molecule has 0 bridgehead atoms. The maximum Gasteiger partial charge on any atom is 0.137 e. The SMILES string of the molecule is c1ccc2c(CNCCCc3ncn[nH]3)coc2c1. The Morgan fingerprint density at radius 1 is 1.26 bits per heavy atom. The van der Waals surface area contributed by atoms with Crippen molar-refractivity contribution in [2.75, 3.05) is 6.54 Å². The normalized spacial score (nSPS) is 11.2. The first-order chi connectivity index (χ1) is 9.43. The molecule has 3 rings (SSSR count). The predicted molar refractivity (Wildman–Crippen MR) is 72.6 cm³/mol. The van der Waals surface area contributed by atoms with Crippen molar-refractivity contribution in [3.8, 4) is 0 Å². The van der Waals surface area contributed by atoms with E-state index in [1.54, 1.807) is 6.33 Å². The van der Waals surface area contributed by atoms with Crippen LogP contribution < -0.4 is 5.32 Å². The zero-order valence-corrected chi connectivity index (χ0v) is 10.6. The number of rotatable bonds is 6. The number of aromatic amines is 1. The zero-order chi connectivity index (χ0) is 12.9. The predicted octanol–water partition coefficient (Wildman–Crippen LogP) is 2.27. The molecule has 0 saturated heterocycles. The molecular weight excluding hydrogens is 240 g/mol. The minimum absolute atomic E-state index is 0.827. The van der Waals surface area contributed by atoms with Crippen LogP contribution in [0, 0.1) is 0 Å². The molecule has 0 aliphatic heterocycles. The third kappa shape index (κ3) is 2.82. The van der Waals surface area contributed by atoms with Crippen LogP contribution >= 0.6 is 0 Å². The number of furan rings is 1. The molecule has 3 aromatic rings. The third-order valence-corrected chi connectivity index (χ3v) is 3.11. The van der Waals surface area contributed by atoms with Gasteiger partial charge in [-0.2, -0.15) is 5.10 Å². The highest BCUT2D eigenvalue weighted by Gasteiger charge is 2.04. The lowest BCUT2D eigenvalue weighted by Crippen LogP contribution is -2.15. The van der Waals surface area contributed by atoms with Crippen molar-refractivity contribution in [1.82, 2.24) is 20.5 Å². The monoisotopic (exact) mass is 256 g/mol. The van der Waals surface area contributed by atoms with Gasteiger partial charge in [0.1, 0.15) is 17.7 Å². The highest BCUT2D eigenvalue weighted by atomic mass is 16.3. The van der Waals surface area contributed by atoms with Crippen molar-refractivity contribution in [3.05, 3.63) is 48.2 Å². The molecule has 2 heterocycles. The number of benzene rings is 1. The summed E-state index contributed by atoms with van der Waals surface area (Å²) in [6.45, 7) is 1.77. The van der Waals surface area contributed by atoms with Gasteiger partial charge in [0.05, 0.1) is 6.26 Å². The van der Waals surface area contributed by atoms with E-state index in [1.165, 1.54) is 10.9 Å². The second-order valence-corrected chi connectivity index (χ2v) is 4.47. The molecule has 0 radical (unpaired) electrons. The Kier molecular flexibility index (Phi) is 3.56. The number of hydrogen-bond acceptors (Lipinski definition) is 4. The Labute approximate surface area is 111 Å². The van der Waals surface area contributed by atoms with E-state index >= 15 is 0 Å². The van der Waals surface area contributed by atoms with Gasteiger partial charge in [0.15, 0.2) is 0 Å². The van der Waals surface area contributed by atoms with E-state index in [0.717, 1.165) is 37.3 Å². The van der Waals surface area contributed by atoms with Crippen LogP contribution in [0.3, 0.4) is 0 Å². The van der Waals surface area contributed by atoms with Crippen molar-refractivity contribution in [1.29, 1.82) is 0 Å². The fraction of sp³-hybridized carbons (Fsp3) is 0.286. The molecule has 98 valence electrons. The highest BCUT2D eigenvalue weighted by molar-refractivity contribution is 5.80. The maximum atomic E-state index is 5.50. The van der Waals surface area contributed by atoms with Gasteiger partial charge in [0.2, 0.25) is 0 Å². The number of nitrogens with zero attached hydrogens (tertiary/aromatic N) is 2. The number of aryl methyl sites for hydroxylation is 1. The molecule has 19 heavy (non-hydrogen) atoms. The Morgan fingerprint density at radius 3 is 3.11 bits per heavy atom. The molecule has 0 amide bonds. The summed E-state index contributed by atoms with van der Waals surface area (Å²) in [6, 6.07) is 8.10. The van der Waals surface area contributed by atoms with Crippen LogP contribution in [0.5, 0.6) is 0 Å². The van der Waals surface area contributed by atoms with Crippen molar-refractivity contribution < 1.29 is 4.42 Å². The van der Waals surface area contributed by atoms with Gasteiger partial charge >= 0.3 is 0 Å². The summed E-state index contributed by atoms with van der Waals surface area (Å²) in [7, 11) is 0. The number of nitrogens with one attached hydrogen (secondary N) is 2. The molecule has 0 atom stereocenters. The van der Waals surface area contributed by atoms with Crippen molar-refractivity contribution in [3.63, 3.8) is 0 Å². The number of H-pyrrole nitrogens is 1. The van der Waals surface area contributed by atoms with E-state index in [9.17, 15) is 0 Å². The summed E-state index contributed by atoms with van der Waals surface area (Å²) < 4.78 is 5.50. The molecule has 0 aliphatic rings. The van der Waals surface area contributed by atoms with Gasteiger partial charge < -0.3 is 9.73 Å². The summed E-state index contributed by atoms with van der Waals surface area (Å²) in [5.74, 6) is 0.940. The maximum absolute atomic E-state index is 5.50. The first-order valence-electron chi connectivity index (χ1n) is 6.43. The molecule has 0 spiro atoms. The van der Waals surface area contributed by atoms with Gasteiger partial charge in [-0.05, 0) is 19.0 Å². The largest absolute Gasteiger partial charge is 0.464 e. The molecular formula is C14H16N4O. The highest BCUT2D eigenvalue weighted by Crippen LogP contribution is 2.20. The lowest BCUT2D eigenvalue weighted by Gasteiger charge is -2.02. The molecule has 0 aliphatic carbocycles. The van der Waals surface area contributed by atoms with Crippen LogP contribution in [-0.2, 0) is 13.0 Å². The standard InChI is InChI=1S/C14H16N4O/c1-2-5-13-12(4-1)11(9-19-13)8-15-7-3-6-14-16-10-17-18-14/h1-2,4-5,9-10,15H,3,6-8H2,(H,16,17,18). The van der Waals surface area contributed by atoms with Crippen LogP contribution in [-0.4, -0.2) is 21.7 Å². The number of fused-ring (bicyclic) bond motifs is 1. The number of hydrogen-bond donors (Lipinski definition) is 2. The van der Waals surface area contributed by atoms with Crippen LogP contribution in [0.25, 0.3) is 11.0 Å². The molecule has 2 aromatic heterocycles. The topological polar surface area (TPSA) is 66.7 Å². The van der Waals surface area contributed by atoms with E-state index in [1.807, 2.05) is 24.5 Å². The Hall–Kier alpha value is -2.14. The molecule has 0 unspecified atom stereocenters. The van der Waals surface area contributed by atoms with Crippen molar-refractivity contribution >= 4 is 11.0 Å². The molecule has 5 nitrogen and oxygen atoms in total. The third-order valence-electron chi connectivity index (χ3n) is 3.11. The van der Waals surface area contributed by atoms with Crippen LogP contribution in [0.2, 0.25) is 0 Å².